The van der Waals surface area contributed by atoms with Crippen molar-refractivity contribution in [1.82, 2.24) is 5.43 Å². The van der Waals surface area contributed by atoms with Crippen LogP contribution in [0.25, 0.3) is 0 Å². The van der Waals surface area contributed by atoms with E-state index in [0.29, 0.717) is 12.0 Å². The van der Waals surface area contributed by atoms with Gasteiger partial charge in [0.15, 0.2) is 0 Å². The van der Waals surface area contributed by atoms with Crippen LogP contribution in [0.1, 0.15) is 39.0 Å². The third-order valence-corrected chi connectivity index (χ3v) is 5.63. The zero-order valence-electron chi connectivity index (χ0n) is 12.1. The van der Waals surface area contributed by atoms with Gasteiger partial charge in [-0.2, -0.15) is 0 Å². The van der Waals surface area contributed by atoms with Crippen LogP contribution in [0.5, 0.6) is 0 Å². The van der Waals surface area contributed by atoms with E-state index in [0.717, 1.165) is 16.6 Å². The Balaban J connectivity index is 1.81. The molecule has 1 aliphatic carbocycles. The molecule has 3 N–H and O–H groups in total. The third-order valence-electron chi connectivity index (χ3n) is 4.50. The highest BCUT2D eigenvalue weighted by atomic mass is 32.2. The molecule has 1 aromatic rings. The van der Waals surface area contributed by atoms with E-state index in [9.17, 15) is 4.39 Å². The molecule has 1 aromatic carbocycles. The van der Waals surface area contributed by atoms with Crippen molar-refractivity contribution in [3.05, 3.63) is 30.1 Å². The van der Waals surface area contributed by atoms with Gasteiger partial charge < -0.3 is 0 Å². The molecule has 1 fully saturated rings. The maximum Gasteiger partial charge on any atom is 0.123 e. The summed E-state index contributed by atoms with van der Waals surface area (Å²) in [5.41, 5.74) is 2.99. The third kappa shape index (κ3) is 4.47. The van der Waals surface area contributed by atoms with Crippen LogP contribution in [0.15, 0.2) is 29.2 Å². The number of thioether (sulfide) groups is 1. The van der Waals surface area contributed by atoms with E-state index < -0.39 is 0 Å². The van der Waals surface area contributed by atoms with Crippen molar-refractivity contribution in [3.63, 3.8) is 0 Å². The van der Waals surface area contributed by atoms with Crippen molar-refractivity contribution in [2.75, 3.05) is 5.75 Å². The lowest BCUT2D eigenvalue weighted by Crippen LogP contribution is -2.44. The Bertz CT molecular complexity index is 388. The molecule has 0 spiro atoms. The predicted molar refractivity (Wildman–Crippen MR) is 84.0 cm³/mol. The summed E-state index contributed by atoms with van der Waals surface area (Å²) in [7, 11) is 0. The Morgan fingerprint density at radius 2 is 1.90 bits per heavy atom. The van der Waals surface area contributed by atoms with Crippen LogP contribution >= 0.6 is 11.8 Å². The van der Waals surface area contributed by atoms with Crippen molar-refractivity contribution in [3.8, 4) is 0 Å². The first-order chi connectivity index (χ1) is 9.72. The van der Waals surface area contributed by atoms with E-state index in [1.807, 2.05) is 12.1 Å². The van der Waals surface area contributed by atoms with Crippen molar-refractivity contribution in [2.24, 2.45) is 17.7 Å². The Morgan fingerprint density at radius 3 is 2.45 bits per heavy atom. The molecule has 0 amide bonds. The van der Waals surface area contributed by atoms with E-state index in [1.54, 1.807) is 11.8 Å². The summed E-state index contributed by atoms with van der Waals surface area (Å²) < 4.78 is 12.9. The monoisotopic (exact) mass is 296 g/mol. The first-order valence-electron chi connectivity index (χ1n) is 7.57. The van der Waals surface area contributed by atoms with Gasteiger partial charge in [0.25, 0.3) is 0 Å². The molecule has 1 unspecified atom stereocenters. The summed E-state index contributed by atoms with van der Waals surface area (Å²) in [6.07, 6.45) is 6.52. The number of nitrogens with one attached hydrogen (secondary N) is 1. The fraction of sp³-hybridized carbons (Fsp3) is 0.625. The lowest BCUT2D eigenvalue weighted by atomic mass is 9.78. The average molecular weight is 296 g/mol. The number of rotatable bonds is 6. The molecule has 1 saturated carbocycles. The van der Waals surface area contributed by atoms with Gasteiger partial charge in [-0.25, -0.2) is 4.39 Å². The first-order valence-corrected chi connectivity index (χ1v) is 8.56. The zero-order valence-corrected chi connectivity index (χ0v) is 13.0. The Kier molecular flexibility index (Phi) is 6.33. The van der Waals surface area contributed by atoms with E-state index in [2.05, 4.69) is 12.3 Å². The Morgan fingerprint density at radius 1 is 1.25 bits per heavy atom. The van der Waals surface area contributed by atoms with Gasteiger partial charge in [-0.05, 0) is 48.9 Å². The van der Waals surface area contributed by atoms with Crippen molar-refractivity contribution < 1.29 is 4.39 Å². The fourth-order valence-corrected chi connectivity index (χ4v) is 4.10. The lowest BCUT2D eigenvalue weighted by Gasteiger charge is -2.33. The molecule has 20 heavy (non-hydrogen) atoms. The number of benzene rings is 1. The van der Waals surface area contributed by atoms with Crippen LogP contribution in [0.3, 0.4) is 0 Å². The van der Waals surface area contributed by atoms with Crippen LogP contribution in [0, 0.1) is 17.7 Å². The molecule has 1 aliphatic rings. The summed E-state index contributed by atoms with van der Waals surface area (Å²) in [6.45, 7) is 2.29. The van der Waals surface area contributed by atoms with E-state index in [-0.39, 0.29) is 5.82 Å². The van der Waals surface area contributed by atoms with Gasteiger partial charge in [0.2, 0.25) is 0 Å². The molecule has 0 heterocycles. The summed E-state index contributed by atoms with van der Waals surface area (Å²) in [5.74, 6) is 8.09. The summed E-state index contributed by atoms with van der Waals surface area (Å²) in [6, 6.07) is 7.05. The van der Waals surface area contributed by atoms with Crippen LogP contribution in [-0.2, 0) is 0 Å². The summed E-state index contributed by atoms with van der Waals surface area (Å²) in [5, 5.41) is 0. The van der Waals surface area contributed by atoms with Gasteiger partial charge in [0.1, 0.15) is 5.82 Å². The minimum atomic E-state index is -0.180. The van der Waals surface area contributed by atoms with Crippen LogP contribution in [0.2, 0.25) is 0 Å². The van der Waals surface area contributed by atoms with Gasteiger partial charge >= 0.3 is 0 Å². The normalized spacial score (nSPS) is 24.6. The number of hydrogen-bond donors (Lipinski definition) is 2. The second kappa shape index (κ2) is 8.01. The van der Waals surface area contributed by atoms with Gasteiger partial charge in [-0.15, -0.1) is 11.8 Å². The van der Waals surface area contributed by atoms with Crippen molar-refractivity contribution in [1.29, 1.82) is 0 Å². The molecule has 0 bridgehead atoms. The molecule has 0 saturated heterocycles. The number of halogens is 1. The fourth-order valence-electron chi connectivity index (χ4n) is 3.04. The standard InChI is InChI=1S/C16H25FN2S/c1-2-12-3-5-13(6-4-12)16(19-18)11-20-15-9-7-14(17)8-10-15/h7-10,12-13,16,19H,2-6,11,18H2,1H3. The average Bonchev–Trinajstić information content (AvgIpc) is 2.50. The lowest BCUT2D eigenvalue weighted by molar-refractivity contribution is 0.228. The second-order valence-electron chi connectivity index (χ2n) is 5.73. The molecule has 1 atom stereocenters. The highest BCUT2D eigenvalue weighted by Crippen LogP contribution is 2.33. The van der Waals surface area contributed by atoms with E-state index >= 15 is 0 Å². The summed E-state index contributed by atoms with van der Waals surface area (Å²) >= 11 is 1.75. The topological polar surface area (TPSA) is 38.0 Å². The van der Waals surface area contributed by atoms with Gasteiger partial charge in [-0.3, -0.25) is 11.3 Å². The largest absolute Gasteiger partial charge is 0.271 e. The SMILES string of the molecule is CCC1CCC(C(CSc2ccc(F)cc2)NN)CC1. The van der Waals surface area contributed by atoms with Gasteiger partial charge in [-0.1, -0.05) is 26.2 Å². The smallest absolute Gasteiger partial charge is 0.123 e. The molecular weight excluding hydrogens is 271 g/mol. The van der Waals surface area contributed by atoms with Crippen LogP contribution < -0.4 is 11.3 Å². The van der Waals surface area contributed by atoms with E-state index in [4.69, 9.17) is 5.84 Å². The number of hydrazine groups is 1. The molecule has 2 rings (SSSR count). The predicted octanol–water partition coefficient (Wildman–Crippen LogP) is 3.97. The molecule has 0 aliphatic heterocycles. The highest BCUT2D eigenvalue weighted by molar-refractivity contribution is 7.99. The van der Waals surface area contributed by atoms with E-state index in [1.165, 1.54) is 44.2 Å². The minimum absolute atomic E-state index is 0.180. The maximum absolute atomic E-state index is 12.9. The quantitative estimate of drug-likeness (QED) is 0.474. The number of hydrogen-bond acceptors (Lipinski definition) is 3. The molecule has 0 radical (unpaired) electrons. The molecule has 4 heteroatoms. The van der Waals surface area contributed by atoms with Gasteiger partial charge in [0, 0.05) is 16.7 Å². The van der Waals surface area contributed by atoms with Crippen LogP contribution in [0.4, 0.5) is 4.39 Å². The van der Waals surface area contributed by atoms with Crippen molar-refractivity contribution in [2.45, 2.75) is 50.0 Å². The number of nitrogens with two attached hydrogens (primary N) is 1. The molecule has 0 aromatic heterocycles. The maximum atomic E-state index is 12.9. The highest BCUT2D eigenvalue weighted by Gasteiger charge is 2.26. The van der Waals surface area contributed by atoms with Crippen molar-refractivity contribution >= 4 is 11.8 Å². The Labute approximate surface area is 125 Å². The Hall–Kier alpha value is -0.580. The molecular formula is C16H25FN2S. The zero-order chi connectivity index (χ0) is 14.4. The first kappa shape index (κ1) is 15.8. The van der Waals surface area contributed by atoms with Crippen LogP contribution in [-0.4, -0.2) is 11.8 Å². The molecule has 112 valence electrons. The van der Waals surface area contributed by atoms with Gasteiger partial charge in [0.05, 0.1) is 0 Å². The second-order valence-corrected chi connectivity index (χ2v) is 6.82. The molecule has 2 nitrogen and oxygen atoms in total. The summed E-state index contributed by atoms with van der Waals surface area (Å²) in [4.78, 5) is 1.11. The minimum Gasteiger partial charge on any atom is -0.271 e.